The van der Waals surface area contributed by atoms with Gasteiger partial charge in [-0.2, -0.15) is 5.26 Å². The van der Waals surface area contributed by atoms with Crippen LogP contribution in [0.4, 0.5) is 0 Å². The molecule has 5 nitrogen and oxygen atoms in total. The molecular formula is C19H14N2O3. The van der Waals surface area contributed by atoms with Crippen molar-refractivity contribution in [2.24, 2.45) is 0 Å². The predicted octanol–water partition coefficient (Wildman–Crippen LogP) is 3.66. The van der Waals surface area contributed by atoms with Crippen molar-refractivity contribution in [1.29, 1.82) is 5.26 Å². The van der Waals surface area contributed by atoms with Gasteiger partial charge in [0.15, 0.2) is 5.76 Å². The molecule has 5 heteroatoms. The third-order valence-electron chi connectivity index (χ3n) is 3.58. The molecule has 3 rings (SSSR count). The molecule has 0 saturated carbocycles. The molecule has 0 amide bonds. The standard InChI is InChI=1S/C19H14N2O3/c1-13-16(12-20)18(24-21-13)11-15-9-5-6-10-17(15)23-19(22)14-7-3-2-4-8-14/h2-10H,11H2,1H3. The summed E-state index contributed by atoms with van der Waals surface area (Å²) in [6.45, 7) is 1.72. The van der Waals surface area contributed by atoms with Gasteiger partial charge in [0.2, 0.25) is 0 Å². The first-order valence-corrected chi connectivity index (χ1v) is 7.39. The van der Waals surface area contributed by atoms with Crippen molar-refractivity contribution in [3.05, 3.63) is 82.7 Å². The van der Waals surface area contributed by atoms with E-state index in [-0.39, 0.29) is 0 Å². The van der Waals surface area contributed by atoms with E-state index in [0.29, 0.717) is 34.8 Å². The summed E-state index contributed by atoms with van der Waals surface area (Å²) in [7, 11) is 0. The van der Waals surface area contributed by atoms with Crippen LogP contribution >= 0.6 is 0 Å². The third kappa shape index (κ3) is 3.18. The summed E-state index contributed by atoms with van der Waals surface area (Å²) in [6, 6.07) is 18.0. The molecule has 3 aromatic rings. The summed E-state index contributed by atoms with van der Waals surface area (Å²) in [5.41, 5.74) is 2.18. The fourth-order valence-electron chi connectivity index (χ4n) is 2.34. The van der Waals surface area contributed by atoms with Crippen LogP contribution in [0.1, 0.15) is 32.9 Å². The van der Waals surface area contributed by atoms with E-state index >= 15 is 0 Å². The van der Waals surface area contributed by atoms with Crippen LogP contribution in [0.2, 0.25) is 0 Å². The van der Waals surface area contributed by atoms with Crippen LogP contribution in [-0.2, 0) is 6.42 Å². The molecule has 0 aliphatic carbocycles. The lowest BCUT2D eigenvalue weighted by Crippen LogP contribution is -2.09. The maximum atomic E-state index is 12.2. The molecule has 24 heavy (non-hydrogen) atoms. The number of esters is 1. The van der Waals surface area contributed by atoms with Crippen LogP contribution in [0.5, 0.6) is 5.75 Å². The second-order valence-corrected chi connectivity index (χ2v) is 5.22. The van der Waals surface area contributed by atoms with E-state index in [1.54, 1.807) is 43.3 Å². The number of rotatable bonds is 4. The molecule has 0 aliphatic heterocycles. The number of benzene rings is 2. The predicted molar refractivity (Wildman–Crippen MR) is 86.6 cm³/mol. The van der Waals surface area contributed by atoms with Gasteiger partial charge in [0.25, 0.3) is 0 Å². The first kappa shape index (κ1) is 15.5. The SMILES string of the molecule is Cc1noc(Cc2ccccc2OC(=O)c2ccccc2)c1C#N. The van der Waals surface area contributed by atoms with Gasteiger partial charge in [0.1, 0.15) is 17.4 Å². The highest BCUT2D eigenvalue weighted by atomic mass is 16.5. The van der Waals surface area contributed by atoms with Crippen LogP contribution in [0.3, 0.4) is 0 Å². The molecule has 0 unspecified atom stereocenters. The third-order valence-corrected chi connectivity index (χ3v) is 3.58. The number of hydrogen-bond donors (Lipinski definition) is 0. The van der Waals surface area contributed by atoms with Crippen molar-refractivity contribution in [2.75, 3.05) is 0 Å². The lowest BCUT2D eigenvalue weighted by molar-refractivity contribution is 0.0733. The largest absolute Gasteiger partial charge is 0.423 e. The lowest BCUT2D eigenvalue weighted by Gasteiger charge is -2.09. The number of nitrogens with zero attached hydrogens (tertiary/aromatic N) is 2. The maximum Gasteiger partial charge on any atom is 0.343 e. The van der Waals surface area contributed by atoms with Gasteiger partial charge in [-0.05, 0) is 25.1 Å². The van der Waals surface area contributed by atoms with Crippen molar-refractivity contribution >= 4 is 5.97 Å². The second kappa shape index (κ2) is 6.80. The second-order valence-electron chi connectivity index (χ2n) is 5.22. The van der Waals surface area contributed by atoms with E-state index in [1.807, 2.05) is 18.2 Å². The van der Waals surface area contributed by atoms with Gasteiger partial charge in [-0.3, -0.25) is 0 Å². The molecule has 1 aromatic heterocycles. The molecule has 0 spiro atoms. The van der Waals surface area contributed by atoms with Gasteiger partial charge in [0, 0.05) is 12.0 Å². The first-order chi connectivity index (χ1) is 11.7. The van der Waals surface area contributed by atoms with Crippen molar-refractivity contribution < 1.29 is 14.1 Å². The number of ether oxygens (including phenoxy) is 1. The molecule has 2 aromatic carbocycles. The number of carbonyl (C=O) groups is 1. The molecule has 0 saturated heterocycles. The zero-order valence-corrected chi connectivity index (χ0v) is 13.0. The summed E-state index contributed by atoms with van der Waals surface area (Å²) in [5.74, 6) is 0.458. The topological polar surface area (TPSA) is 76.1 Å². The molecule has 0 fully saturated rings. The first-order valence-electron chi connectivity index (χ1n) is 7.39. The molecule has 0 aliphatic rings. The van der Waals surface area contributed by atoms with Gasteiger partial charge in [-0.1, -0.05) is 41.6 Å². The molecule has 118 valence electrons. The average Bonchev–Trinajstić information content (AvgIpc) is 2.97. The Morgan fingerprint density at radius 1 is 1.17 bits per heavy atom. The Morgan fingerprint density at radius 3 is 2.62 bits per heavy atom. The summed E-state index contributed by atoms with van der Waals surface area (Å²) >= 11 is 0. The van der Waals surface area contributed by atoms with Crippen LogP contribution in [0, 0.1) is 18.3 Å². The van der Waals surface area contributed by atoms with Gasteiger partial charge < -0.3 is 9.26 Å². The summed E-state index contributed by atoms with van der Waals surface area (Å²) in [6.07, 6.45) is 0.321. The van der Waals surface area contributed by atoms with Crippen molar-refractivity contribution in [2.45, 2.75) is 13.3 Å². The van der Waals surface area contributed by atoms with Gasteiger partial charge >= 0.3 is 5.97 Å². The Balaban J connectivity index is 1.86. The molecule has 0 N–H and O–H groups in total. The van der Waals surface area contributed by atoms with Crippen molar-refractivity contribution in [3.63, 3.8) is 0 Å². The number of para-hydroxylation sites is 1. The molecule has 0 atom stereocenters. The summed E-state index contributed by atoms with van der Waals surface area (Å²) in [5, 5.41) is 13.0. The van der Waals surface area contributed by atoms with E-state index in [0.717, 1.165) is 5.56 Å². The number of aromatic nitrogens is 1. The zero-order chi connectivity index (χ0) is 16.9. The normalized spacial score (nSPS) is 10.2. The number of nitriles is 1. The van der Waals surface area contributed by atoms with Crippen LogP contribution in [0.25, 0.3) is 0 Å². The highest BCUT2D eigenvalue weighted by Crippen LogP contribution is 2.24. The van der Waals surface area contributed by atoms with Crippen LogP contribution in [-0.4, -0.2) is 11.1 Å². The van der Waals surface area contributed by atoms with Gasteiger partial charge in [-0.15, -0.1) is 0 Å². The van der Waals surface area contributed by atoms with Gasteiger partial charge in [0.05, 0.1) is 11.3 Å². The van der Waals surface area contributed by atoms with E-state index in [4.69, 9.17) is 9.26 Å². The van der Waals surface area contributed by atoms with E-state index in [9.17, 15) is 10.1 Å². The summed E-state index contributed by atoms with van der Waals surface area (Å²) in [4.78, 5) is 12.2. The fraction of sp³-hybridized carbons (Fsp3) is 0.105. The monoisotopic (exact) mass is 318 g/mol. The molecule has 0 bridgehead atoms. The molecular weight excluding hydrogens is 304 g/mol. The van der Waals surface area contributed by atoms with Gasteiger partial charge in [-0.25, -0.2) is 4.79 Å². The summed E-state index contributed by atoms with van der Waals surface area (Å²) < 4.78 is 10.7. The Bertz CT molecular complexity index is 908. The minimum atomic E-state index is -0.433. The fourth-order valence-corrected chi connectivity index (χ4v) is 2.34. The minimum absolute atomic E-state index is 0.321. The lowest BCUT2D eigenvalue weighted by atomic mass is 10.1. The number of hydrogen-bond acceptors (Lipinski definition) is 5. The van der Waals surface area contributed by atoms with Crippen molar-refractivity contribution in [3.8, 4) is 11.8 Å². The number of carbonyl (C=O) groups excluding carboxylic acids is 1. The number of aryl methyl sites for hydroxylation is 1. The molecule has 1 heterocycles. The Kier molecular flexibility index (Phi) is 4.39. The van der Waals surface area contributed by atoms with Crippen LogP contribution < -0.4 is 4.74 Å². The van der Waals surface area contributed by atoms with E-state index in [1.165, 1.54) is 0 Å². The zero-order valence-electron chi connectivity index (χ0n) is 13.0. The Hall–Kier alpha value is -3.39. The Labute approximate surface area is 139 Å². The Morgan fingerprint density at radius 2 is 1.88 bits per heavy atom. The maximum absolute atomic E-state index is 12.2. The average molecular weight is 318 g/mol. The van der Waals surface area contributed by atoms with E-state index < -0.39 is 5.97 Å². The smallest absolute Gasteiger partial charge is 0.343 e. The van der Waals surface area contributed by atoms with Crippen LogP contribution in [0.15, 0.2) is 59.1 Å². The van der Waals surface area contributed by atoms with E-state index in [2.05, 4.69) is 11.2 Å². The quantitative estimate of drug-likeness (QED) is 0.542. The minimum Gasteiger partial charge on any atom is -0.423 e. The highest BCUT2D eigenvalue weighted by Gasteiger charge is 2.17. The highest BCUT2D eigenvalue weighted by molar-refractivity contribution is 5.91. The van der Waals surface area contributed by atoms with Crippen molar-refractivity contribution in [1.82, 2.24) is 5.16 Å². The molecule has 0 radical (unpaired) electrons.